The maximum Gasteiger partial charge on any atom is 0.338 e. The van der Waals surface area contributed by atoms with Crippen molar-refractivity contribution in [2.24, 2.45) is 28.6 Å². The van der Waals surface area contributed by atoms with Crippen LogP contribution in [-0.2, 0) is 28.4 Å². The quantitative estimate of drug-likeness (QED) is 0.267. The average molecular weight is 634 g/mol. The molecule has 5 aliphatic carbocycles. The molecule has 0 radical (unpaired) electrons. The molecule has 1 aliphatic heterocycles. The summed E-state index contributed by atoms with van der Waals surface area (Å²) in [6, 6.07) is 8.01. The molecule has 250 valence electrons. The minimum atomic E-state index is -1.99. The minimum Gasteiger partial charge on any atom is -0.455 e. The number of methoxy groups -OCH3 is 5. The molecular weight excluding hydrogens is 586 g/mol. The molecule has 1 aromatic carbocycles. The van der Waals surface area contributed by atoms with E-state index in [9.17, 15) is 25.2 Å². The first-order valence-corrected chi connectivity index (χ1v) is 15.9. The molecule has 0 amide bonds. The number of ether oxygens (including phenoxy) is 6. The van der Waals surface area contributed by atoms with Gasteiger partial charge < -0.3 is 48.8 Å². The summed E-state index contributed by atoms with van der Waals surface area (Å²) < 4.78 is 37.2. The SMILES string of the molecule is CCN1CC2(COC)C(O)CC(OC)C34C1C(C(OC)C23)C1(OC)C(O)C(OC)C2(O)CC4(O)C1C2OC(=O)c1ccccc1. The highest BCUT2D eigenvalue weighted by atomic mass is 16.6. The van der Waals surface area contributed by atoms with E-state index in [1.165, 1.54) is 14.2 Å². The van der Waals surface area contributed by atoms with Crippen LogP contribution in [0, 0.1) is 28.6 Å². The van der Waals surface area contributed by atoms with Gasteiger partial charge in [-0.05, 0) is 18.7 Å². The van der Waals surface area contributed by atoms with Crippen LogP contribution in [0.15, 0.2) is 30.3 Å². The van der Waals surface area contributed by atoms with Gasteiger partial charge >= 0.3 is 5.97 Å². The molecule has 4 N–H and O–H groups in total. The van der Waals surface area contributed by atoms with E-state index in [4.69, 9.17) is 28.4 Å². The van der Waals surface area contributed by atoms with Crippen molar-refractivity contribution in [1.82, 2.24) is 4.90 Å². The number of aliphatic hydroxyl groups excluding tert-OH is 2. The molecule has 45 heavy (non-hydrogen) atoms. The molecule has 1 saturated heterocycles. The molecule has 1 spiro atoms. The molecular formula is C33H47NO11. The highest BCUT2D eigenvalue weighted by molar-refractivity contribution is 5.89. The molecule has 7 rings (SSSR count). The van der Waals surface area contributed by atoms with E-state index in [1.54, 1.807) is 51.7 Å². The van der Waals surface area contributed by atoms with E-state index in [2.05, 4.69) is 4.90 Å². The maximum absolute atomic E-state index is 13.7. The van der Waals surface area contributed by atoms with Gasteiger partial charge in [-0.3, -0.25) is 4.90 Å². The molecule has 1 heterocycles. The van der Waals surface area contributed by atoms with Crippen LogP contribution < -0.4 is 0 Å². The second-order valence-electron chi connectivity index (χ2n) is 14.2. The third kappa shape index (κ3) is 3.34. The summed E-state index contributed by atoms with van der Waals surface area (Å²) in [6.07, 6.45) is -6.31. The summed E-state index contributed by atoms with van der Waals surface area (Å²) in [5, 5.41) is 50.8. The number of hydrogen-bond donors (Lipinski definition) is 4. The number of likely N-dealkylation sites (tertiary alicyclic amines) is 1. The average Bonchev–Trinajstić information content (AvgIpc) is 3.38. The number of rotatable bonds is 9. The second-order valence-corrected chi connectivity index (χ2v) is 14.2. The smallest absolute Gasteiger partial charge is 0.338 e. The van der Waals surface area contributed by atoms with Crippen molar-refractivity contribution in [1.29, 1.82) is 0 Å². The van der Waals surface area contributed by atoms with Gasteiger partial charge in [0.25, 0.3) is 0 Å². The Hall–Kier alpha value is -1.71. The van der Waals surface area contributed by atoms with Crippen molar-refractivity contribution in [3.8, 4) is 0 Å². The third-order valence-electron chi connectivity index (χ3n) is 13.3. The number of esters is 1. The van der Waals surface area contributed by atoms with Crippen molar-refractivity contribution in [2.45, 2.75) is 79.2 Å². The van der Waals surface area contributed by atoms with Gasteiger partial charge in [-0.15, -0.1) is 0 Å². The predicted molar refractivity (Wildman–Crippen MR) is 157 cm³/mol. The van der Waals surface area contributed by atoms with Gasteiger partial charge in [0, 0.05) is 83.6 Å². The first kappa shape index (κ1) is 31.9. The predicted octanol–water partition coefficient (Wildman–Crippen LogP) is -0.154. The molecule has 12 nitrogen and oxygen atoms in total. The standard InChI is InChI=1S/C33H47NO11/c1-7-34-15-29(16-40-2)18(35)13-19(41-3)32-22(29)21(42-4)20(24(32)34)33(44-6)23-26(45-28(37)17-11-9-8-10-12-17)30(38,14-31(23,32)39)27(43-5)25(33)36/h8-12,18-27,35-36,38-39H,7,13-16H2,1-6H3. The van der Waals surface area contributed by atoms with Crippen molar-refractivity contribution >= 4 is 5.97 Å². The Kier molecular flexibility index (Phi) is 7.36. The lowest BCUT2D eigenvalue weighted by Gasteiger charge is -2.72. The molecule has 7 bridgehead atoms. The third-order valence-corrected chi connectivity index (χ3v) is 13.3. The summed E-state index contributed by atoms with van der Waals surface area (Å²) in [7, 11) is 7.65. The highest BCUT2D eigenvalue weighted by Crippen LogP contribution is 2.81. The number of aliphatic hydroxyl groups is 4. The normalized spacial score (nSPS) is 52.6. The Morgan fingerprint density at radius 1 is 0.978 bits per heavy atom. The Labute approximate surface area is 263 Å². The molecule has 15 atom stereocenters. The fourth-order valence-electron chi connectivity index (χ4n) is 12.3. The summed E-state index contributed by atoms with van der Waals surface area (Å²) in [5.41, 5.74) is -7.21. The lowest BCUT2D eigenvalue weighted by atomic mass is 9.40. The largest absolute Gasteiger partial charge is 0.455 e. The Morgan fingerprint density at radius 2 is 1.69 bits per heavy atom. The van der Waals surface area contributed by atoms with Gasteiger partial charge in [-0.25, -0.2) is 4.79 Å². The Bertz CT molecular complexity index is 1320. The number of piperidine rings is 1. The maximum atomic E-state index is 13.7. The molecule has 6 fully saturated rings. The van der Waals surface area contributed by atoms with Crippen molar-refractivity contribution in [3.63, 3.8) is 0 Å². The molecule has 6 aliphatic rings. The van der Waals surface area contributed by atoms with Crippen LogP contribution in [-0.4, -0.2) is 146 Å². The molecule has 0 aromatic heterocycles. The lowest BCUT2D eigenvalue weighted by molar-refractivity contribution is -0.358. The zero-order chi connectivity index (χ0) is 32.3. The van der Waals surface area contributed by atoms with Crippen LogP contribution >= 0.6 is 0 Å². The summed E-state index contributed by atoms with van der Waals surface area (Å²) in [5.74, 6) is -2.93. The zero-order valence-electron chi connectivity index (χ0n) is 26.8. The van der Waals surface area contributed by atoms with E-state index in [-0.39, 0.29) is 25.0 Å². The van der Waals surface area contributed by atoms with Crippen molar-refractivity contribution in [2.75, 3.05) is 55.2 Å². The van der Waals surface area contributed by atoms with Crippen molar-refractivity contribution in [3.05, 3.63) is 35.9 Å². The number of benzene rings is 1. The van der Waals surface area contributed by atoms with Crippen LogP contribution in [0.1, 0.15) is 30.1 Å². The van der Waals surface area contributed by atoms with E-state index in [0.29, 0.717) is 13.1 Å². The summed E-state index contributed by atoms with van der Waals surface area (Å²) in [6.45, 7) is 3.23. The van der Waals surface area contributed by atoms with Crippen molar-refractivity contribution < 1.29 is 53.6 Å². The number of hydrogen-bond acceptors (Lipinski definition) is 12. The van der Waals surface area contributed by atoms with Gasteiger partial charge in [0.15, 0.2) is 0 Å². The van der Waals surface area contributed by atoms with Crippen LogP contribution in [0.5, 0.6) is 0 Å². The fraction of sp³-hybridized carbons (Fsp3) is 0.788. The van der Waals surface area contributed by atoms with E-state index >= 15 is 0 Å². The summed E-state index contributed by atoms with van der Waals surface area (Å²) in [4.78, 5) is 15.9. The van der Waals surface area contributed by atoms with Gasteiger partial charge in [-0.2, -0.15) is 0 Å². The zero-order valence-corrected chi connectivity index (χ0v) is 26.8. The van der Waals surface area contributed by atoms with Crippen LogP contribution in [0.25, 0.3) is 0 Å². The lowest BCUT2D eigenvalue weighted by Crippen LogP contribution is -2.85. The fourth-order valence-corrected chi connectivity index (χ4v) is 12.3. The first-order valence-electron chi connectivity index (χ1n) is 15.9. The van der Waals surface area contributed by atoms with Gasteiger partial charge in [0.2, 0.25) is 0 Å². The van der Waals surface area contributed by atoms with E-state index < -0.39 is 94.0 Å². The Morgan fingerprint density at radius 3 is 2.27 bits per heavy atom. The van der Waals surface area contributed by atoms with Crippen LogP contribution in [0.3, 0.4) is 0 Å². The number of carbonyl (C=O) groups is 1. The molecule has 5 saturated carbocycles. The first-order chi connectivity index (χ1) is 21.5. The number of fused-ring (bicyclic) bond motifs is 2. The van der Waals surface area contributed by atoms with Gasteiger partial charge in [0.1, 0.15) is 29.5 Å². The van der Waals surface area contributed by atoms with Crippen LogP contribution in [0.2, 0.25) is 0 Å². The number of nitrogens with zero attached hydrogens (tertiary/aromatic N) is 1. The topological polar surface area (TPSA) is 157 Å². The highest BCUT2D eigenvalue weighted by Gasteiger charge is 2.95. The summed E-state index contributed by atoms with van der Waals surface area (Å²) >= 11 is 0. The second kappa shape index (κ2) is 10.4. The molecule has 12 heteroatoms. The van der Waals surface area contributed by atoms with Crippen LogP contribution in [0.4, 0.5) is 0 Å². The van der Waals surface area contributed by atoms with E-state index in [1.807, 2.05) is 6.92 Å². The molecule has 15 unspecified atom stereocenters. The monoisotopic (exact) mass is 633 g/mol. The molecule has 1 aromatic rings. The number of carbonyl (C=O) groups excluding carboxylic acids is 1. The minimum absolute atomic E-state index is 0.188. The van der Waals surface area contributed by atoms with Gasteiger partial charge in [-0.1, -0.05) is 25.1 Å². The van der Waals surface area contributed by atoms with E-state index in [0.717, 1.165) is 0 Å². The Balaban J connectivity index is 1.54. The van der Waals surface area contributed by atoms with Gasteiger partial charge in [0.05, 0.1) is 42.0 Å².